The van der Waals surface area contributed by atoms with Crippen molar-refractivity contribution in [2.24, 2.45) is 5.84 Å². The van der Waals surface area contributed by atoms with Crippen molar-refractivity contribution in [3.63, 3.8) is 0 Å². The molecule has 0 unspecified atom stereocenters. The minimum Gasteiger partial charge on any atom is -0.472 e. The molecule has 0 spiro atoms. The van der Waals surface area contributed by atoms with E-state index in [1.807, 2.05) is 12.1 Å². The van der Waals surface area contributed by atoms with Gasteiger partial charge >= 0.3 is 0 Å². The summed E-state index contributed by atoms with van der Waals surface area (Å²) >= 11 is 0. The van der Waals surface area contributed by atoms with Gasteiger partial charge in [0.15, 0.2) is 5.82 Å². The molecule has 0 saturated heterocycles. The summed E-state index contributed by atoms with van der Waals surface area (Å²) in [6.45, 7) is 2.11. The average molecular weight is 218 g/mol. The Morgan fingerprint density at radius 3 is 2.94 bits per heavy atom. The summed E-state index contributed by atoms with van der Waals surface area (Å²) in [4.78, 5) is 8.72. The number of aryl methyl sites for hydroxylation is 1. The highest BCUT2D eigenvalue weighted by molar-refractivity contribution is 5.55. The number of nitrogens with one attached hydrogen (secondary N) is 1. The first kappa shape index (κ1) is 10.6. The van der Waals surface area contributed by atoms with Gasteiger partial charge < -0.3 is 9.84 Å². The largest absolute Gasteiger partial charge is 0.472 e. The van der Waals surface area contributed by atoms with Crippen molar-refractivity contribution in [2.75, 3.05) is 5.43 Å². The van der Waals surface area contributed by atoms with E-state index >= 15 is 0 Å². The van der Waals surface area contributed by atoms with Gasteiger partial charge in [0, 0.05) is 11.8 Å². The zero-order valence-electron chi connectivity index (χ0n) is 9.10. The summed E-state index contributed by atoms with van der Waals surface area (Å²) in [6, 6.07) is 3.68. The highest BCUT2D eigenvalue weighted by atomic mass is 16.3. The van der Waals surface area contributed by atoms with E-state index in [2.05, 4.69) is 22.3 Å². The zero-order valence-corrected chi connectivity index (χ0v) is 9.10. The van der Waals surface area contributed by atoms with Crippen molar-refractivity contribution in [1.29, 1.82) is 0 Å². The molecule has 3 N–H and O–H groups in total. The van der Waals surface area contributed by atoms with Gasteiger partial charge in [0.2, 0.25) is 0 Å². The highest BCUT2D eigenvalue weighted by Gasteiger charge is 2.06. The first-order valence-corrected chi connectivity index (χ1v) is 5.20. The molecule has 5 heteroatoms. The van der Waals surface area contributed by atoms with Gasteiger partial charge in [-0.3, -0.25) is 0 Å². The molecule has 5 nitrogen and oxygen atoms in total. The quantitative estimate of drug-likeness (QED) is 0.606. The van der Waals surface area contributed by atoms with E-state index in [0.717, 1.165) is 24.1 Å². The summed E-state index contributed by atoms with van der Waals surface area (Å²) in [7, 11) is 0. The summed E-state index contributed by atoms with van der Waals surface area (Å²) in [5.74, 6) is 6.63. The van der Waals surface area contributed by atoms with Crippen LogP contribution in [0.1, 0.15) is 19.0 Å². The first-order chi connectivity index (χ1) is 7.83. The number of hydrazine groups is 1. The lowest BCUT2D eigenvalue weighted by Gasteiger charge is -2.05. The number of hydrogen-bond donors (Lipinski definition) is 2. The Morgan fingerprint density at radius 2 is 2.31 bits per heavy atom. The Kier molecular flexibility index (Phi) is 3.16. The smallest absolute Gasteiger partial charge is 0.165 e. The maximum absolute atomic E-state index is 5.37. The van der Waals surface area contributed by atoms with Gasteiger partial charge in [0.1, 0.15) is 12.1 Å². The lowest BCUT2D eigenvalue weighted by molar-refractivity contribution is 0.568. The van der Waals surface area contributed by atoms with Crippen LogP contribution in [0.15, 0.2) is 29.1 Å². The SMILES string of the molecule is CCCc1cc(NN)nc(-c2ccoc2)n1. The van der Waals surface area contributed by atoms with E-state index in [1.165, 1.54) is 0 Å². The molecule has 0 aliphatic heterocycles. The minimum absolute atomic E-state index is 0.620. The van der Waals surface area contributed by atoms with Gasteiger partial charge in [-0.05, 0) is 12.5 Å². The van der Waals surface area contributed by atoms with Crippen molar-refractivity contribution in [2.45, 2.75) is 19.8 Å². The number of aromatic nitrogens is 2. The maximum Gasteiger partial charge on any atom is 0.165 e. The number of nitrogen functional groups attached to an aromatic ring is 1. The Bertz CT molecular complexity index is 453. The molecule has 2 aromatic rings. The van der Waals surface area contributed by atoms with Crippen molar-refractivity contribution in [1.82, 2.24) is 9.97 Å². The fraction of sp³-hybridized carbons (Fsp3) is 0.273. The second kappa shape index (κ2) is 4.76. The summed E-state index contributed by atoms with van der Waals surface area (Å²) < 4.78 is 5.01. The second-order valence-electron chi connectivity index (χ2n) is 3.47. The molecule has 0 atom stereocenters. The Balaban J connectivity index is 2.41. The number of nitrogens with two attached hydrogens (primary N) is 1. The van der Waals surface area contributed by atoms with Crippen LogP contribution in [0.3, 0.4) is 0 Å². The van der Waals surface area contributed by atoms with Crippen LogP contribution in [-0.4, -0.2) is 9.97 Å². The van der Waals surface area contributed by atoms with Crippen LogP contribution in [0.2, 0.25) is 0 Å². The minimum atomic E-state index is 0.620. The molecule has 2 heterocycles. The fourth-order valence-electron chi connectivity index (χ4n) is 1.48. The molecular weight excluding hydrogens is 204 g/mol. The van der Waals surface area contributed by atoms with E-state index in [9.17, 15) is 0 Å². The lowest BCUT2D eigenvalue weighted by atomic mass is 10.2. The number of anilines is 1. The van der Waals surface area contributed by atoms with Gasteiger partial charge in [-0.15, -0.1) is 0 Å². The van der Waals surface area contributed by atoms with Crippen LogP contribution in [0.4, 0.5) is 5.82 Å². The predicted octanol–water partition coefficient (Wildman–Crippen LogP) is 1.97. The second-order valence-corrected chi connectivity index (χ2v) is 3.47. The van der Waals surface area contributed by atoms with Crippen molar-refractivity contribution >= 4 is 5.82 Å². The number of nitrogens with zero attached hydrogens (tertiary/aromatic N) is 2. The molecule has 0 aliphatic carbocycles. The third kappa shape index (κ3) is 2.20. The van der Waals surface area contributed by atoms with E-state index < -0.39 is 0 Å². The molecular formula is C11H14N4O. The van der Waals surface area contributed by atoms with Crippen LogP contribution in [0.5, 0.6) is 0 Å². The van der Waals surface area contributed by atoms with Crippen molar-refractivity contribution in [3.05, 3.63) is 30.4 Å². The average Bonchev–Trinajstić information content (AvgIpc) is 2.82. The zero-order chi connectivity index (χ0) is 11.4. The molecule has 0 fully saturated rings. The van der Waals surface area contributed by atoms with Crippen LogP contribution in [-0.2, 0) is 6.42 Å². The van der Waals surface area contributed by atoms with Crippen LogP contribution in [0, 0.1) is 0 Å². The summed E-state index contributed by atoms with van der Waals surface area (Å²) in [5.41, 5.74) is 4.38. The lowest BCUT2D eigenvalue weighted by Crippen LogP contribution is -2.10. The van der Waals surface area contributed by atoms with Gasteiger partial charge in [-0.1, -0.05) is 13.3 Å². The predicted molar refractivity (Wildman–Crippen MR) is 61.5 cm³/mol. The van der Waals surface area contributed by atoms with Crippen LogP contribution >= 0.6 is 0 Å². The molecule has 16 heavy (non-hydrogen) atoms. The molecule has 84 valence electrons. The summed E-state index contributed by atoms with van der Waals surface area (Å²) in [6.07, 6.45) is 5.15. The maximum atomic E-state index is 5.37. The monoisotopic (exact) mass is 218 g/mol. The third-order valence-electron chi connectivity index (χ3n) is 2.21. The highest BCUT2D eigenvalue weighted by Crippen LogP contribution is 2.18. The van der Waals surface area contributed by atoms with Crippen LogP contribution in [0.25, 0.3) is 11.4 Å². The van der Waals surface area contributed by atoms with Gasteiger partial charge in [-0.2, -0.15) is 0 Å². The molecule has 0 aromatic carbocycles. The molecule has 2 rings (SSSR count). The van der Waals surface area contributed by atoms with Gasteiger partial charge in [0.05, 0.1) is 11.8 Å². The molecule has 0 bridgehead atoms. The molecule has 0 radical (unpaired) electrons. The van der Waals surface area contributed by atoms with Crippen molar-refractivity contribution in [3.8, 4) is 11.4 Å². The van der Waals surface area contributed by atoms with Crippen LogP contribution < -0.4 is 11.3 Å². The fourth-order valence-corrected chi connectivity index (χ4v) is 1.48. The van der Waals surface area contributed by atoms with E-state index in [-0.39, 0.29) is 0 Å². The molecule has 2 aromatic heterocycles. The molecule has 0 aliphatic rings. The number of hydrogen-bond acceptors (Lipinski definition) is 5. The Morgan fingerprint density at radius 1 is 1.44 bits per heavy atom. The Labute approximate surface area is 93.7 Å². The van der Waals surface area contributed by atoms with Gasteiger partial charge in [0.25, 0.3) is 0 Å². The third-order valence-corrected chi connectivity index (χ3v) is 2.21. The molecule has 0 saturated carbocycles. The van der Waals surface area contributed by atoms with E-state index in [0.29, 0.717) is 11.6 Å². The molecule has 0 amide bonds. The van der Waals surface area contributed by atoms with E-state index in [4.69, 9.17) is 10.3 Å². The summed E-state index contributed by atoms with van der Waals surface area (Å²) in [5, 5.41) is 0. The Hall–Kier alpha value is -1.88. The van der Waals surface area contributed by atoms with Gasteiger partial charge in [-0.25, -0.2) is 15.8 Å². The van der Waals surface area contributed by atoms with Crippen molar-refractivity contribution < 1.29 is 4.42 Å². The standard InChI is InChI=1S/C11H14N4O/c1-2-3-9-6-10(15-12)14-11(13-9)8-4-5-16-7-8/h4-7H,2-3,12H2,1H3,(H,13,14,15). The number of furan rings is 1. The topological polar surface area (TPSA) is 77.0 Å². The van der Waals surface area contributed by atoms with E-state index in [1.54, 1.807) is 12.5 Å². The normalized spacial score (nSPS) is 10.4. The number of rotatable bonds is 4. The first-order valence-electron chi connectivity index (χ1n) is 5.20.